The minimum atomic E-state index is -3.53. The first-order valence-corrected chi connectivity index (χ1v) is 11.2. The fourth-order valence-electron chi connectivity index (χ4n) is 4.45. The van der Waals surface area contributed by atoms with Crippen molar-refractivity contribution in [2.24, 2.45) is 5.92 Å². The Morgan fingerprint density at radius 2 is 1.64 bits per heavy atom. The van der Waals surface area contributed by atoms with Crippen molar-refractivity contribution in [3.8, 4) is 0 Å². The molecule has 1 atom stereocenters. The first kappa shape index (κ1) is 23.1. The maximum absolute atomic E-state index is 13.2. The molecule has 1 amide bonds. The van der Waals surface area contributed by atoms with Crippen LogP contribution in [0, 0.1) is 26.7 Å². The van der Waals surface area contributed by atoms with Crippen molar-refractivity contribution in [3.63, 3.8) is 0 Å². The van der Waals surface area contributed by atoms with Gasteiger partial charge in [-0.1, -0.05) is 17.7 Å². The highest BCUT2D eigenvalue weighted by atomic mass is 35.5. The number of aryl methyl sites for hydroxylation is 3. The minimum Gasteiger partial charge on any atom is -0.337 e. The largest absolute Gasteiger partial charge is 0.337 e. The molecule has 2 saturated heterocycles. The molecular formula is C20H32ClN3O3S. The Morgan fingerprint density at radius 1 is 1.07 bits per heavy atom. The summed E-state index contributed by atoms with van der Waals surface area (Å²) in [7, 11) is -3.53. The number of rotatable bonds is 3. The molecule has 8 heteroatoms. The molecule has 0 aromatic heterocycles. The SMILES string of the molecule is Cc1cc(C)c(S(=O)(=O)N2CCC(C(=O)N3CCNCC3C)CC2)c(C)c1.Cl. The molecule has 1 unspecified atom stereocenters. The van der Waals surface area contributed by atoms with Gasteiger partial charge in [0.15, 0.2) is 0 Å². The standard InChI is InChI=1S/C20H31N3O3S.ClH/c1-14-11-15(2)19(16(3)12-14)27(25,26)22-8-5-18(6-9-22)20(24)23-10-7-21-13-17(23)4;/h11-12,17-18,21H,5-10,13H2,1-4H3;1H. The highest BCUT2D eigenvalue weighted by Crippen LogP contribution is 2.29. The number of nitrogens with zero attached hydrogens (tertiary/aromatic N) is 2. The molecule has 28 heavy (non-hydrogen) atoms. The molecule has 2 heterocycles. The molecule has 1 aromatic carbocycles. The van der Waals surface area contributed by atoms with E-state index in [4.69, 9.17) is 0 Å². The summed E-state index contributed by atoms with van der Waals surface area (Å²) < 4.78 is 27.9. The zero-order valence-electron chi connectivity index (χ0n) is 17.2. The van der Waals surface area contributed by atoms with Crippen molar-refractivity contribution in [2.75, 3.05) is 32.7 Å². The van der Waals surface area contributed by atoms with Gasteiger partial charge in [-0.15, -0.1) is 12.4 Å². The van der Waals surface area contributed by atoms with Crippen LogP contribution < -0.4 is 5.32 Å². The Morgan fingerprint density at radius 3 is 2.18 bits per heavy atom. The van der Waals surface area contributed by atoms with Crippen LogP contribution in [0.1, 0.15) is 36.5 Å². The van der Waals surface area contributed by atoms with Crippen molar-refractivity contribution < 1.29 is 13.2 Å². The summed E-state index contributed by atoms with van der Waals surface area (Å²) in [6.07, 6.45) is 1.19. The number of hydrogen-bond donors (Lipinski definition) is 1. The monoisotopic (exact) mass is 429 g/mol. The molecule has 2 fully saturated rings. The summed E-state index contributed by atoms with van der Waals surface area (Å²) in [5, 5.41) is 3.30. The number of sulfonamides is 1. The molecule has 6 nitrogen and oxygen atoms in total. The van der Waals surface area contributed by atoms with Gasteiger partial charge in [-0.25, -0.2) is 8.42 Å². The molecule has 0 radical (unpaired) electrons. The fourth-order valence-corrected chi connectivity index (χ4v) is 6.33. The van der Waals surface area contributed by atoms with Crippen molar-refractivity contribution in [1.82, 2.24) is 14.5 Å². The lowest BCUT2D eigenvalue weighted by atomic mass is 9.95. The summed E-state index contributed by atoms with van der Waals surface area (Å²) in [4.78, 5) is 15.2. The number of piperidine rings is 1. The third-order valence-electron chi connectivity index (χ3n) is 5.79. The van der Waals surface area contributed by atoms with E-state index in [2.05, 4.69) is 12.2 Å². The number of carbonyl (C=O) groups excluding carboxylic acids is 1. The first-order chi connectivity index (χ1) is 12.7. The van der Waals surface area contributed by atoms with E-state index in [0.717, 1.165) is 36.3 Å². The molecule has 2 aliphatic heterocycles. The predicted molar refractivity (Wildman–Crippen MR) is 113 cm³/mol. The predicted octanol–water partition coefficient (Wildman–Crippen LogP) is 2.25. The Hall–Kier alpha value is -1.15. The Labute approximate surface area is 175 Å². The summed E-state index contributed by atoms with van der Waals surface area (Å²) >= 11 is 0. The lowest BCUT2D eigenvalue weighted by Gasteiger charge is -2.38. The molecule has 158 valence electrons. The van der Waals surface area contributed by atoms with Crippen molar-refractivity contribution >= 4 is 28.3 Å². The third-order valence-corrected chi connectivity index (χ3v) is 7.99. The van der Waals surface area contributed by atoms with E-state index in [9.17, 15) is 13.2 Å². The van der Waals surface area contributed by atoms with Crippen LogP contribution in [0.5, 0.6) is 0 Å². The molecule has 3 rings (SSSR count). The van der Waals surface area contributed by atoms with Crippen LogP contribution in [0.3, 0.4) is 0 Å². The normalized spacial score (nSPS) is 22.0. The Balaban J connectivity index is 0.00000280. The van der Waals surface area contributed by atoms with Gasteiger partial charge < -0.3 is 10.2 Å². The number of carbonyl (C=O) groups is 1. The van der Waals surface area contributed by atoms with Gasteiger partial charge in [-0.2, -0.15) is 4.31 Å². The van der Waals surface area contributed by atoms with Crippen LogP contribution in [0.15, 0.2) is 17.0 Å². The van der Waals surface area contributed by atoms with Crippen molar-refractivity contribution in [1.29, 1.82) is 0 Å². The second-order valence-electron chi connectivity index (χ2n) is 7.99. The second kappa shape index (κ2) is 9.11. The van der Waals surface area contributed by atoms with Crippen LogP contribution in [-0.2, 0) is 14.8 Å². The van der Waals surface area contributed by atoms with Gasteiger partial charge in [0.1, 0.15) is 0 Å². The van der Waals surface area contributed by atoms with Crippen LogP contribution >= 0.6 is 12.4 Å². The van der Waals surface area contributed by atoms with E-state index in [-0.39, 0.29) is 30.3 Å². The van der Waals surface area contributed by atoms with E-state index in [0.29, 0.717) is 30.8 Å². The average Bonchev–Trinajstić information content (AvgIpc) is 2.60. The summed E-state index contributed by atoms with van der Waals surface area (Å²) in [6.45, 7) is 11.0. The van der Waals surface area contributed by atoms with Gasteiger partial charge in [0.25, 0.3) is 0 Å². The van der Waals surface area contributed by atoms with Crippen LogP contribution in [0.4, 0.5) is 0 Å². The van der Waals surface area contributed by atoms with Gasteiger partial charge in [0.05, 0.1) is 4.90 Å². The lowest BCUT2D eigenvalue weighted by molar-refractivity contribution is -0.139. The van der Waals surface area contributed by atoms with Gasteiger partial charge in [-0.3, -0.25) is 4.79 Å². The van der Waals surface area contributed by atoms with Crippen LogP contribution in [0.25, 0.3) is 0 Å². The smallest absolute Gasteiger partial charge is 0.243 e. The van der Waals surface area contributed by atoms with Gasteiger partial charge in [0, 0.05) is 44.7 Å². The van der Waals surface area contributed by atoms with Gasteiger partial charge in [-0.05, 0) is 51.7 Å². The maximum Gasteiger partial charge on any atom is 0.243 e. The average molecular weight is 430 g/mol. The Kier molecular flexibility index (Phi) is 7.53. The highest BCUT2D eigenvalue weighted by Gasteiger charge is 2.36. The quantitative estimate of drug-likeness (QED) is 0.800. The molecule has 0 spiro atoms. The van der Waals surface area contributed by atoms with E-state index in [1.54, 1.807) is 4.31 Å². The van der Waals surface area contributed by atoms with Crippen LogP contribution in [0.2, 0.25) is 0 Å². The molecule has 1 aromatic rings. The van der Waals surface area contributed by atoms with E-state index < -0.39 is 10.0 Å². The van der Waals surface area contributed by atoms with E-state index >= 15 is 0 Å². The maximum atomic E-state index is 13.2. The van der Waals surface area contributed by atoms with Crippen molar-refractivity contribution in [3.05, 3.63) is 28.8 Å². The molecule has 1 N–H and O–H groups in total. The van der Waals surface area contributed by atoms with E-state index in [1.807, 2.05) is 37.8 Å². The highest BCUT2D eigenvalue weighted by molar-refractivity contribution is 7.89. The first-order valence-electron chi connectivity index (χ1n) is 9.81. The summed E-state index contributed by atoms with van der Waals surface area (Å²) in [5.74, 6) is 0.112. The van der Waals surface area contributed by atoms with Crippen molar-refractivity contribution in [2.45, 2.75) is 51.5 Å². The molecule has 0 saturated carbocycles. The fraction of sp³-hybridized carbons (Fsp3) is 0.650. The topological polar surface area (TPSA) is 69.7 Å². The molecule has 0 aliphatic carbocycles. The van der Waals surface area contributed by atoms with Gasteiger partial charge in [0.2, 0.25) is 15.9 Å². The number of hydrogen-bond acceptors (Lipinski definition) is 4. The van der Waals surface area contributed by atoms with E-state index in [1.165, 1.54) is 0 Å². The Bertz CT molecular complexity index is 797. The molecular weight excluding hydrogens is 398 g/mol. The summed E-state index contributed by atoms with van der Waals surface area (Å²) in [6, 6.07) is 4.04. The number of amides is 1. The number of benzene rings is 1. The van der Waals surface area contributed by atoms with Gasteiger partial charge >= 0.3 is 0 Å². The zero-order chi connectivity index (χ0) is 19.8. The second-order valence-corrected chi connectivity index (χ2v) is 9.87. The summed E-state index contributed by atoms with van der Waals surface area (Å²) in [5.41, 5.74) is 2.65. The zero-order valence-corrected chi connectivity index (χ0v) is 18.8. The number of piperazine rings is 1. The number of halogens is 1. The number of nitrogens with one attached hydrogen (secondary N) is 1. The lowest BCUT2D eigenvalue weighted by Crippen LogP contribution is -2.55. The van der Waals surface area contributed by atoms with Crippen LogP contribution in [-0.4, -0.2) is 62.3 Å². The third kappa shape index (κ3) is 4.53. The minimum absolute atomic E-state index is 0. The molecule has 0 bridgehead atoms. The molecule has 2 aliphatic rings.